The number of hydrogen-bond donors (Lipinski definition) is 1. The minimum Gasteiger partial charge on any atom is -0.354 e. The number of aldehydes is 1. The van der Waals surface area contributed by atoms with E-state index in [4.69, 9.17) is 23.2 Å². The van der Waals surface area contributed by atoms with Gasteiger partial charge in [-0.3, -0.25) is 4.79 Å². The Morgan fingerprint density at radius 2 is 1.86 bits per heavy atom. The molecule has 22 heavy (non-hydrogen) atoms. The third kappa shape index (κ3) is 2.53. The quantitative estimate of drug-likeness (QED) is 0.580. The number of carbonyl (C=O) groups is 1. The molecule has 0 saturated heterocycles. The summed E-state index contributed by atoms with van der Waals surface area (Å²) in [7, 11) is 0. The SMILES string of the molecule is CC(C)c1ccc2[nH]c(-c3ccc(Cl)cc3Cl)c(C=O)c2c1. The molecule has 1 N–H and O–H groups in total. The van der Waals surface area contributed by atoms with Gasteiger partial charge in [0.1, 0.15) is 0 Å². The summed E-state index contributed by atoms with van der Waals surface area (Å²) in [6.07, 6.45) is 0.878. The third-order valence-electron chi connectivity index (χ3n) is 3.85. The molecule has 0 aliphatic heterocycles. The molecule has 3 aromatic rings. The molecule has 4 heteroatoms. The fraction of sp³-hybridized carbons (Fsp3) is 0.167. The molecule has 112 valence electrons. The molecule has 0 spiro atoms. The first-order valence-corrected chi connectivity index (χ1v) is 7.83. The molecule has 0 aliphatic rings. The number of fused-ring (bicyclic) bond motifs is 1. The Morgan fingerprint density at radius 3 is 2.50 bits per heavy atom. The number of rotatable bonds is 3. The largest absolute Gasteiger partial charge is 0.354 e. The molecule has 3 rings (SSSR count). The van der Waals surface area contributed by atoms with Gasteiger partial charge >= 0.3 is 0 Å². The average molecular weight is 332 g/mol. The van der Waals surface area contributed by atoms with E-state index in [0.717, 1.165) is 28.4 Å². The maximum Gasteiger partial charge on any atom is 0.152 e. The van der Waals surface area contributed by atoms with Crippen LogP contribution in [0.15, 0.2) is 36.4 Å². The molecular weight excluding hydrogens is 317 g/mol. The van der Waals surface area contributed by atoms with E-state index in [1.807, 2.05) is 12.1 Å². The lowest BCUT2D eigenvalue weighted by Gasteiger charge is -2.05. The van der Waals surface area contributed by atoms with E-state index in [-0.39, 0.29) is 0 Å². The second kappa shape index (κ2) is 5.79. The fourth-order valence-corrected chi connectivity index (χ4v) is 3.12. The van der Waals surface area contributed by atoms with Crippen LogP contribution < -0.4 is 0 Å². The van der Waals surface area contributed by atoms with E-state index < -0.39 is 0 Å². The van der Waals surface area contributed by atoms with Gasteiger partial charge in [-0.25, -0.2) is 0 Å². The monoisotopic (exact) mass is 331 g/mol. The Kier molecular flexibility index (Phi) is 3.98. The Labute approximate surface area is 139 Å². The van der Waals surface area contributed by atoms with Gasteiger partial charge in [-0.2, -0.15) is 0 Å². The van der Waals surface area contributed by atoms with Crippen LogP contribution in [0.25, 0.3) is 22.2 Å². The van der Waals surface area contributed by atoms with Crippen LogP contribution in [-0.2, 0) is 0 Å². The van der Waals surface area contributed by atoms with Gasteiger partial charge in [0.05, 0.1) is 10.7 Å². The summed E-state index contributed by atoms with van der Waals surface area (Å²) in [5.74, 6) is 0.404. The highest BCUT2D eigenvalue weighted by atomic mass is 35.5. The van der Waals surface area contributed by atoms with Crippen molar-refractivity contribution in [3.05, 3.63) is 57.6 Å². The number of aromatic nitrogens is 1. The van der Waals surface area contributed by atoms with Gasteiger partial charge in [0.2, 0.25) is 0 Å². The Bertz CT molecular complexity index is 865. The predicted octanol–water partition coefficient (Wildman–Crippen LogP) is 6.08. The van der Waals surface area contributed by atoms with Crippen LogP contribution in [-0.4, -0.2) is 11.3 Å². The number of benzene rings is 2. The van der Waals surface area contributed by atoms with Crippen molar-refractivity contribution in [2.45, 2.75) is 19.8 Å². The van der Waals surface area contributed by atoms with E-state index in [1.165, 1.54) is 5.56 Å². The van der Waals surface area contributed by atoms with Gasteiger partial charge in [-0.1, -0.05) is 43.1 Å². The Balaban J connectivity index is 2.28. The summed E-state index contributed by atoms with van der Waals surface area (Å²) < 4.78 is 0. The van der Waals surface area contributed by atoms with Crippen LogP contribution in [0.5, 0.6) is 0 Å². The maximum absolute atomic E-state index is 11.6. The zero-order valence-corrected chi connectivity index (χ0v) is 13.8. The third-order valence-corrected chi connectivity index (χ3v) is 4.40. The van der Waals surface area contributed by atoms with Crippen molar-refractivity contribution >= 4 is 40.4 Å². The van der Waals surface area contributed by atoms with Crippen molar-refractivity contribution < 1.29 is 4.79 Å². The highest BCUT2D eigenvalue weighted by Gasteiger charge is 2.16. The molecule has 0 atom stereocenters. The minimum atomic E-state index is 0.404. The summed E-state index contributed by atoms with van der Waals surface area (Å²) >= 11 is 12.2. The van der Waals surface area contributed by atoms with E-state index in [2.05, 4.69) is 31.0 Å². The van der Waals surface area contributed by atoms with Crippen molar-refractivity contribution in [2.75, 3.05) is 0 Å². The first-order valence-electron chi connectivity index (χ1n) is 7.07. The zero-order chi connectivity index (χ0) is 15.9. The second-order valence-corrected chi connectivity index (χ2v) is 6.46. The van der Waals surface area contributed by atoms with Gasteiger partial charge in [0.25, 0.3) is 0 Å². The number of halogens is 2. The zero-order valence-electron chi connectivity index (χ0n) is 12.3. The van der Waals surface area contributed by atoms with Crippen LogP contribution in [0, 0.1) is 0 Å². The van der Waals surface area contributed by atoms with Crippen LogP contribution in [0.3, 0.4) is 0 Å². The number of nitrogens with one attached hydrogen (secondary N) is 1. The predicted molar refractivity (Wildman–Crippen MR) is 93.2 cm³/mol. The summed E-state index contributed by atoms with van der Waals surface area (Å²) in [6, 6.07) is 11.4. The average Bonchev–Trinajstić information content (AvgIpc) is 2.84. The maximum atomic E-state index is 11.6. The van der Waals surface area contributed by atoms with Crippen molar-refractivity contribution in [2.24, 2.45) is 0 Å². The molecule has 0 aliphatic carbocycles. The fourth-order valence-electron chi connectivity index (χ4n) is 2.62. The Morgan fingerprint density at radius 1 is 1.09 bits per heavy atom. The van der Waals surface area contributed by atoms with Crippen molar-refractivity contribution in [3.8, 4) is 11.3 Å². The molecule has 2 aromatic carbocycles. The van der Waals surface area contributed by atoms with E-state index in [0.29, 0.717) is 21.5 Å². The van der Waals surface area contributed by atoms with Crippen LogP contribution in [0.4, 0.5) is 0 Å². The first-order chi connectivity index (χ1) is 10.5. The summed E-state index contributed by atoms with van der Waals surface area (Å²) in [5, 5.41) is 2.01. The smallest absolute Gasteiger partial charge is 0.152 e. The van der Waals surface area contributed by atoms with E-state index in [1.54, 1.807) is 12.1 Å². The van der Waals surface area contributed by atoms with Gasteiger partial charge in [-0.15, -0.1) is 0 Å². The van der Waals surface area contributed by atoms with Crippen LogP contribution in [0.2, 0.25) is 10.0 Å². The van der Waals surface area contributed by atoms with Crippen LogP contribution >= 0.6 is 23.2 Å². The number of H-pyrrole nitrogens is 1. The first kappa shape index (κ1) is 15.1. The van der Waals surface area contributed by atoms with Gasteiger partial charge < -0.3 is 4.98 Å². The molecule has 1 heterocycles. The van der Waals surface area contributed by atoms with Gasteiger partial charge in [0.15, 0.2) is 6.29 Å². The molecule has 1 aromatic heterocycles. The van der Waals surface area contributed by atoms with Crippen molar-refractivity contribution in [3.63, 3.8) is 0 Å². The van der Waals surface area contributed by atoms with Crippen molar-refractivity contribution in [1.82, 2.24) is 4.98 Å². The van der Waals surface area contributed by atoms with E-state index in [9.17, 15) is 4.79 Å². The summed E-state index contributed by atoms with van der Waals surface area (Å²) in [6.45, 7) is 4.26. The molecule has 0 radical (unpaired) electrons. The molecule has 2 nitrogen and oxygen atoms in total. The van der Waals surface area contributed by atoms with Gasteiger partial charge in [0, 0.05) is 27.1 Å². The van der Waals surface area contributed by atoms with Crippen LogP contribution in [0.1, 0.15) is 35.7 Å². The van der Waals surface area contributed by atoms with Gasteiger partial charge in [-0.05, 0) is 41.8 Å². The normalized spacial score (nSPS) is 11.3. The lowest BCUT2D eigenvalue weighted by Crippen LogP contribution is -1.88. The second-order valence-electron chi connectivity index (χ2n) is 5.62. The molecule has 0 bridgehead atoms. The molecule has 0 fully saturated rings. The number of aromatic amines is 1. The Hall–Kier alpha value is -1.77. The van der Waals surface area contributed by atoms with E-state index >= 15 is 0 Å². The topological polar surface area (TPSA) is 32.9 Å². The summed E-state index contributed by atoms with van der Waals surface area (Å²) in [5.41, 5.74) is 4.25. The molecule has 0 saturated carbocycles. The standard InChI is InChI=1S/C18H15Cl2NO/c1-10(2)11-3-6-17-14(7-11)15(9-22)18(21-17)13-5-4-12(19)8-16(13)20/h3-10,21H,1-2H3. The molecule has 0 unspecified atom stereocenters. The number of carbonyl (C=O) groups excluding carboxylic acids is 1. The highest BCUT2D eigenvalue weighted by molar-refractivity contribution is 6.36. The lowest BCUT2D eigenvalue weighted by atomic mass is 9.99. The summed E-state index contributed by atoms with van der Waals surface area (Å²) in [4.78, 5) is 14.9. The molecular formula is C18H15Cl2NO. The minimum absolute atomic E-state index is 0.404. The highest BCUT2D eigenvalue weighted by Crippen LogP contribution is 2.35. The molecule has 0 amide bonds. The number of hydrogen-bond acceptors (Lipinski definition) is 1. The lowest BCUT2D eigenvalue weighted by molar-refractivity contribution is 0.112. The van der Waals surface area contributed by atoms with Crippen molar-refractivity contribution in [1.29, 1.82) is 0 Å².